The van der Waals surface area contributed by atoms with Crippen LogP contribution in [0.2, 0.25) is 0 Å². The summed E-state index contributed by atoms with van der Waals surface area (Å²) in [7, 11) is 0. The Bertz CT molecular complexity index is 1070. The second kappa shape index (κ2) is 9.43. The molecule has 3 aromatic rings. The fourth-order valence-corrected chi connectivity index (χ4v) is 4.24. The standard InChI is InChI=1S/C26H25F4NO/c1-2-24(31)18-8-10-25(32-14-18)16-5-3-15(4-6-16)17-7-9-20(21(27)11-17)19-12-22(28)26(30)23(29)13-19/h3-7,9,11-13,18,24-25H,2,8,10,14,31H2,1H3. The van der Waals surface area contributed by atoms with Gasteiger partial charge in [0.15, 0.2) is 17.5 Å². The maximum absolute atomic E-state index is 14.7. The monoisotopic (exact) mass is 443 g/mol. The predicted molar refractivity (Wildman–Crippen MR) is 117 cm³/mol. The molecule has 32 heavy (non-hydrogen) atoms. The van der Waals surface area contributed by atoms with E-state index >= 15 is 0 Å². The summed E-state index contributed by atoms with van der Waals surface area (Å²) in [4.78, 5) is 0. The summed E-state index contributed by atoms with van der Waals surface area (Å²) in [6.45, 7) is 2.74. The Morgan fingerprint density at radius 2 is 1.47 bits per heavy atom. The van der Waals surface area contributed by atoms with Crippen LogP contribution >= 0.6 is 0 Å². The Balaban J connectivity index is 1.50. The molecule has 0 saturated carbocycles. The van der Waals surface area contributed by atoms with Gasteiger partial charge >= 0.3 is 0 Å². The van der Waals surface area contributed by atoms with E-state index in [2.05, 4.69) is 6.92 Å². The van der Waals surface area contributed by atoms with Gasteiger partial charge in [0.1, 0.15) is 5.82 Å². The third kappa shape index (κ3) is 4.57. The Labute approximate surface area is 185 Å². The van der Waals surface area contributed by atoms with Crippen molar-refractivity contribution in [2.45, 2.75) is 38.3 Å². The summed E-state index contributed by atoms with van der Waals surface area (Å²) >= 11 is 0. The molecule has 0 spiro atoms. The molecule has 3 atom stereocenters. The van der Waals surface area contributed by atoms with Crippen LogP contribution in [0.3, 0.4) is 0 Å². The fraction of sp³-hybridized carbons (Fsp3) is 0.308. The minimum atomic E-state index is -1.57. The van der Waals surface area contributed by atoms with Gasteiger partial charge in [0.25, 0.3) is 0 Å². The van der Waals surface area contributed by atoms with E-state index in [1.54, 1.807) is 6.07 Å². The first-order chi connectivity index (χ1) is 15.4. The number of nitrogens with two attached hydrogens (primary N) is 1. The van der Waals surface area contributed by atoms with E-state index in [4.69, 9.17) is 10.5 Å². The molecular formula is C26H25F4NO. The molecule has 1 aliphatic rings. The summed E-state index contributed by atoms with van der Waals surface area (Å²) < 4.78 is 61.0. The highest BCUT2D eigenvalue weighted by Crippen LogP contribution is 2.34. The van der Waals surface area contributed by atoms with E-state index in [0.717, 1.165) is 42.5 Å². The Hall–Kier alpha value is -2.70. The molecule has 4 rings (SSSR count). The predicted octanol–water partition coefficient (Wildman–Crippen LogP) is 6.78. The molecule has 0 bridgehead atoms. The molecule has 0 radical (unpaired) electrons. The average molecular weight is 443 g/mol. The van der Waals surface area contributed by atoms with Crippen LogP contribution in [-0.4, -0.2) is 12.6 Å². The van der Waals surface area contributed by atoms with E-state index in [-0.39, 0.29) is 23.3 Å². The molecule has 168 valence electrons. The number of ether oxygens (including phenoxy) is 1. The number of rotatable bonds is 5. The molecule has 3 unspecified atom stereocenters. The summed E-state index contributed by atoms with van der Waals surface area (Å²) in [6.07, 6.45) is 2.89. The van der Waals surface area contributed by atoms with Crippen molar-refractivity contribution in [1.29, 1.82) is 0 Å². The highest BCUT2D eigenvalue weighted by atomic mass is 19.2. The van der Waals surface area contributed by atoms with Crippen LogP contribution in [0.25, 0.3) is 22.3 Å². The minimum absolute atomic E-state index is 0.00128. The van der Waals surface area contributed by atoms with Gasteiger partial charge in [-0.2, -0.15) is 0 Å². The second-order valence-electron chi connectivity index (χ2n) is 8.30. The van der Waals surface area contributed by atoms with Gasteiger partial charge in [-0.15, -0.1) is 0 Å². The molecule has 2 N–H and O–H groups in total. The smallest absolute Gasteiger partial charge is 0.194 e. The number of hydrogen-bond acceptors (Lipinski definition) is 2. The van der Waals surface area contributed by atoms with Crippen LogP contribution in [-0.2, 0) is 4.74 Å². The number of halogens is 4. The number of benzene rings is 3. The molecule has 1 heterocycles. The summed E-state index contributed by atoms with van der Waals surface area (Å²) in [5.74, 6) is -4.54. The van der Waals surface area contributed by atoms with Gasteiger partial charge < -0.3 is 10.5 Å². The third-order valence-electron chi connectivity index (χ3n) is 6.27. The van der Waals surface area contributed by atoms with Crippen LogP contribution in [0, 0.1) is 29.2 Å². The van der Waals surface area contributed by atoms with Crippen molar-refractivity contribution < 1.29 is 22.3 Å². The first-order valence-corrected chi connectivity index (χ1v) is 10.8. The van der Waals surface area contributed by atoms with Crippen molar-refractivity contribution in [1.82, 2.24) is 0 Å². The lowest BCUT2D eigenvalue weighted by Gasteiger charge is -2.32. The van der Waals surface area contributed by atoms with Crippen LogP contribution in [0.15, 0.2) is 54.6 Å². The van der Waals surface area contributed by atoms with Crippen molar-refractivity contribution in [3.8, 4) is 22.3 Å². The molecule has 1 aliphatic heterocycles. The van der Waals surface area contributed by atoms with E-state index in [1.807, 2.05) is 24.3 Å². The molecule has 0 aromatic heterocycles. The van der Waals surface area contributed by atoms with E-state index in [9.17, 15) is 17.6 Å². The van der Waals surface area contributed by atoms with Gasteiger partial charge in [-0.25, -0.2) is 17.6 Å². The zero-order valence-corrected chi connectivity index (χ0v) is 17.8. The van der Waals surface area contributed by atoms with Gasteiger partial charge in [0, 0.05) is 11.6 Å². The zero-order valence-electron chi connectivity index (χ0n) is 17.8. The quantitative estimate of drug-likeness (QED) is 0.348. The Kier molecular flexibility index (Phi) is 6.63. The fourth-order valence-electron chi connectivity index (χ4n) is 4.24. The maximum Gasteiger partial charge on any atom is 0.194 e. The lowest BCUT2D eigenvalue weighted by Crippen LogP contribution is -2.35. The van der Waals surface area contributed by atoms with Gasteiger partial charge in [0.2, 0.25) is 0 Å². The van der Waals surface area contributed by atoms with E-state index < -0.39 is 23.3 Å². The molecule has 6 heteroatoms. The molecular weight excluding hydrogens is 418 g/mol. The van der Waals surface area contributed by atoms with Gasteiger partial charge in [-0.05, 0) is 65.6 Å². The van der Waals surface area contributed by atoms with Crippen molar-refractivity contribution in [3.05, 3.63) is 83.4 Å². The average Bonchev–Trinajstić information content (AvgIpc) is 2.82. The summed E-state index contributed by atoms with van der Waals surface area (Å²) in [5.41, 5.74) is 8.56. The van der Waals surface area contributed by atoms with Crippen LogP contribution < -0.4 is 5.73 Å². The van der Waals surface area contributed by atoms with Gasteiger partial charge in [-0.1, -0.05) is 43.3 Å². The molecule has 0 amide bonds. The number of hydrogen-bond donors (Lipinski definition) is 1. The van der Waals surface area contributed by atoms with Gasteiger partial charge in [0.05, 0.1) is 12.7 Å². The summed E-state index contributed by atoms with van der Waals surface area (Å²) in [5, 5.41) is 0. The SMILES string of the molecule is CCC(N)C1CCC(c2ccc(-c3ccc(-c4cc(F)c(F)c(F)c4)c(F)c3)cc2)OC1. The molecule has 1 saturated heterocycles. The highest BCUT2D eigenvalue weighted by Gasteiger charge is 2.26. The highest BCUT2D eigenvalue weighted by molar-refractivity contribution is 5.71. The van der Waals surface area contributed by atoms with Crippen LogP contribution in [0.4, 0.5) is 17.6 Å². The minimum Gasteiger partial charge on any atom is -0.373 e. The molecule has 2 nitrogen and oxygen atoms in total. The first kappa shape index (κ1) is 22.5. The summed E-state index contributed by atoms with van der Waals surface area (Å²) in [6, 6.07) is 13.9. The van der Waals surface area contributed by atoms with Crippen LogP contribution in [0.1, 0.15) is 37.9 Å². The third-order valence-corrected chi connectivity index (χ3v) is 6.27. The van der Waals surface area contributed by atoms with E-state index in [1.165, 1.54) is 12.1 Å². The zero-order chi connectivity index (χ0) is 22.8. The second-order valence-corrected chi connectivity index (χ2v) is 8.30. The molecule has 3 aromatic carbocycles. The van der Waals surface area contributed by atoms with E-state index in [0.29, 0.717) is 18.1 Å². The Morgan fingerprint density at radius 1 is 0.844 bits per heavy atom. The topological polar surface area (TPSA) is 35.2 Å². The van der Waals surface area contributed by atoms with Crippen molar-refractivity contribution in [3.63, 3.8) is 0 Å². The maximum atomic E-state index is 14.7. The first-order valence-electron chi connectivity index (χ1n) is 10.8. The largest absolute Gasteiger partial charge is 0.373 e. The molecule has 0 aliphatic carbocycles. The normalized spacial score (nSPS) is 19.7. The van der Waals surface area contributed by atoms with Crippen molar-refractivity contribution in [2.75, 3.05) is 6.61 Å². The van der Waals surface area contributed by atoms with Crippen LogP contribution in [0.5, 0.6) is 0 Å². The van der Waals surface area contributed by atoms with Crippen molar-refractivity contribution in [2.24, 2.45) is 11.7 Å². The lowest BCUT2D eigenvalue weighted by molar-refractivity contribution is -0.0240. The Morgan fingerprint density at radius 3 is 2.03 bits per heavy atom. The van der Waals surface area contributed by atoms with Crippen molar-refractivity contribution >= 4 is 0 Å². The van der Waals surface area contributed by atoms with Gasteiger partial charge in [-0.3, -0.25) is 0 Å². The molecule has 1 fully saturated rings. The lowest BCUT2D eigenvalue weighted by atomic mass is 9.88.